The number of hydrogen-bond acceptors (Lipinski definition) is 11. The summed E-state index contributed by atoms with van der Waals surface area (Å²) in [6.45, 7) is 1.10. The average Bonchev–Trinajstić information content (AvgIpc) is 2.62. The Kier molecular flexibility index (Phi) is 10.00. The quantitative estimate of drug-likeness (QED) is 0.0861. The van der Waals surface area contributed by atoms with Crippen molar-refractivity contribution in [2.75, 3.05) is 24.7 Å². The van der Waals surface area contributed by atoms with E-state index in [1.807, 2.05) is 0 Å². The summed E-state index contributed by atoms with van der Waals surface area (Å²) in [5.41, 5.74) is -0.0668. The number of carbonyl (C=O) groups is 3. The molecule has 11 nitrogen and oxygen atoms in total. The summed E-state index contributed by atoms with van der Waals surface area (Å²) in [6.07, 6.45) is -1.07. The van der Waals surface area contributed by atoms with E-state index in [0.29, 0.717) is 11.5 Å². The molecule has 0 radical (unpaired) electrons. The summed E-state index contributed by atoms with van der Waals surface area (Å²) >= 11 is 0. The number of ether oxygens (including phenoxy) is 2. The van der Waals surface area contributed by atoms with Gasteiger partial charge in [-0.3, -0.25) is 9.59 Å². The van der Waals surface area contributed by atoms with Crippen molar-refractivity contribution in [3.8, 4) is 5.75 Å². The van der Waals surface area contributed by atoms with E-state index >= 15 is 0 Å². The number of hydrogen-bond donors (Lipinski definition) is 1. The van der Waals surface area contributed by atoms with E-state index in [4.69, 9.17) is 15.3 Å². The minimum absolute atomic E-state index is 0.0258. The molecule has 0 unspecified atom stereocenters. The first-order valence-electron chi connectivity index (χ1n) is 7.38. The Hall–Kier alpha value is -2.51. The van der Waals surface area contributed by atoms with Crippen LogP contribution in [0.25, 0.3) is 0 Å². The number of esters is 1. The lowest BCUT2D eigenvalue weighted by Gasteiger charge is -2.16. The Morgan fingerprint density at radius 1 is 1.19 bits per heavy atom. The first kappa shape index (κ1) is 22.5. The first-order chi connectivity index (χ1) is 12.8. The Bertz CT molecular complexity index is 688. The number of rotatable bonds is 10. The maximum absolute atomic E-state index is 12.3. The molecule has 0 fully saturated rings. The number of nitrogens with two attached hydrogens (primary N) is 1. The van der Waals surface area contributed by atoms with E-state index in [9.17, 15) is 24.5 Å². The Labute approximate surface area is 161 Å². The van der Waals surface area contributed by atoms with Crippen molar-refractivity contribution in [3.63, 3.8) is 0 Å². The molecule has 0 saturated carbocycles. The van der Waals surface area contributed by atoms with E-state index < -0.39 is 23.1 Å². The van der Waals surface area contributed by atoms with Crippen LogP contribution >= 0.6 is 21.6 Å². The molecule has 0 heterocycles. The van der Waals surface area contributed by atoms with Crippen LogP contribution in [0.4, 0.5) is 4.79 Å². The van der Waals surface area contributed by atoms with Gasteiger partial charge in [0.1, 0.15) is 19.0 Å². The highest BCUT2D eigenvalue weighted by Crippen LogP contribution is 2.21. The van der Waals surface area contributed by atoms with Gasteiger partial charge >= 0.3 is 12.1 Å². The monoisotopic (exact) mass is 419 g/mol. The van der Waals surface area contributed by atoms with Crippen molar-refractivity contribution < 1.29 is 33.8 Å². The van der Waals surface area contributed by atoms with Crippen molar-refractivity contribution >= 4 is 39.6 Å². The second-order valence-electron chi connectivity index (χ2n) is 4.58. The molecule has 0 aliphatic heterocycles. The summed E-state index contributed by atoms with van der Waals surface area (Å²) in [4.78, 5) is 49.3. The highest BCUT2D eigenvalue weighted by Gasteiger charge is 2.24. The third kappa shape index (κ3) is 8.61. The fourth-order valence-corrected chi connectivity index (χ4v) is 3.24. The van der Waals surface area contributed by atoms with Crippen LogP contribution in [0.2, 0.25) is 0 Å². The SMILES string of the molecule is CC(=O)Oc1ccccc1C(=O)N(N)C(=O)OCCSSCCO[N+](=O)[O-]. The van der Waals surface area contributed by atoms with Crippen molar-refractivity contribution in [2.24, 2.45) is 5.84 Å². The summed E-state index contributed by atoms with van der Waals surface area (Å²) in [6, 6.07) is 5.83. The van der Waals surface area contributed by atoms with Gasteiger partial charge in [-0.2, -0.15) is 5.01 Å². The van der Waals surface area contributed by atoms with E-state index in [-0.39, 0.29) is 29.5 Å². The van der Waals surface area contributed by atoms with Crippen LogP contribution in [0, 0.1) is 10.1 Å². The van der Waals surface area contributed by atoms with E-state index in [0.717, 1.165) is 0 Å². The number of nitrogens with zero attached hydrogens (tertiary/aromatic N) is 2. The third-order valence-corrected chi connectivity index (χ3v) is 4.96. The van der Waals surface area contributed by atoms with Crippen LogP contribution in [-0.2, 0) is 14.4 Å². The van der Waals surface area contributed by atoms with Gasteiger partial charge in [-0.05, 0) is 12.1 Å². The van der Waals surface area contributed by atoms with E-state index in [1.54, 1.807) is 6.07 Å². The molecule has 1 aromatic rings. The molecule has 1 aromatic carbocycles. The topological polar surface area (TPSA) is 151 Å². The van der Waals surface area contributed by atoms with Crippen molar-refractivity contribution in [1.29, 1.82) is 0 Å². The normalized spacial score (nSPS) is 10.0. The zero-order chi connectivity index (χ0) is 20.2. The molecule has 0 aromatic heterocycles. The van der Waals surface area contributed by atoms with Gasteiger partial charge < -0.3 is 14.3 Å². The fourth-order valence-electron chi connectivity index (χ4n) is 1.60. The lowest BCUT2D eigenvalue weighted by atomic mass is 10.2. The van der Waals surface area contributed by atoms with Gasteiger partial charge in [0.25, 0.3) is 11.0 Å². The second-order valence-corrected chi connectivity index (χ2v) is 7.28. The number of imide groups is 1. The molecular formula is C14H17N3O8S2. The summed E-state index contributed by atoms with van der Waals surface area (Å²) < 4.78 is 9.78. The average molecular weight is 419 g/mol. The minimum Gasteiger partial charge on any atom is -0.447 e. The molecule has 2 amide bonds. The smallest absolute Gasteiger partial charge is 0.431 e. The highest BCUT2D eigenvalue weighted by atomic mass is 33.1. The minimum atomic E-state index is -1.07. The van der Waals surface area contributed by atoms with Crippen LogP contribution in [0.15, 0.2) is 24.3 Å². The van der Waals surface area contributed by atoms with Crippen LogP contribution < -0.4 is 10.6 Å². The molecule has 0 spiro atoms. The number of amides is 2. The lowest BCUT2D eigenvalue weighted by Crippen LogP contribution is -2.43. The fraction of sp³-hybridized carbons (Fsp3) is 0.357. The number of carbonyl (C=O) groups excluding carboxylic acids is 3. The van der Waals surface area contributed by atoms with Crippen molar-refractivity contribution in [1.82, 2.24) is 5.01 Å². The van der Waals surface area contributed by atoms with Gasteiger partial charge in [0.05, 0.1) is 5.56 Å². The molecule has 0 atom stereocenters. The van der Waals surface area contributed by atoms with Crippen LogP contribution in [-0.4, -0.2) is 52.8 Å². The van der Waals surface area contributed by atoms with E-state index in [1.165, 1.54) is 46.7 Å². The number of hydrazine groups is 1. The predicted molar refractivity (Wildman–Crippen MR) is 97.3 cm³/mol. The molecule has 1 rings (SSSR count). The molecule has 13 heteroatoms. The molecule has 0 saturated heterocycles. The van der Waals surface area contributed by atoms with Gasteiger partial charge in [0.2, 0.25) is 0 Å². The molecular weight excluding hydrogens is 402 g/mol. The van der Waals surface area contributed by atoms with Gasteiger partial charge in [-0.1, -0.05) is 33.7 Å². The molecule has 2 N–H and O–H groups in total. The Morgan fingerprint density at radius 3 is 2.44 bits per heavy atom. The van der Waals surface area contributed by atoms with Gasteiger partial charge in [0, 0.05) is 18.4 Å². The molecule has 0 bridgehead atoms. The lowest BCUT2D eigenvalue weighted by molar-refractivity contribution is -0.756. The Balaban J connectivity index is 2.40. The van der Waals surface area contributed by atoms with Crippen LogP contribution in [0.5, 0.6) is 5.75 Å². The van der Waals surface area contributed by atoms with Gasteiger partial charge in [-0.25, -0.2) is 10.6 Å². The molecule has 0 aliphatic carbocycles. The standard InChI is InChI=1S/C14H17N3O8S2/c1-10(18)25-12-5-3-2-4-11(12)13(19)16(15)14(20)23-6-8-26-27-9-7-24-17(21)22/h2-5H,6-9,15H2,1H3. The van der Waals surface area contributed by atoms with E-state index in [2.05, 4.69) is 4.84 Å². The van der Waals surface area contributed by atoms with Gasteiger partial charge in [-0.15, -0.1) is 10.1 Å². The zero-order valence-electron chi connectivity index (χ0n) is 14.2. The van der Waals surface area contributed by atoms with Crippen LogP contribution in [0.3, 0.4) is 0 Å². The van der Waals surface area contributed by atoms with Crippen molar-refractivity contribution in [2.45, 2.75) is 6.92 Å². The summed E-state index contributed by atoms with van der Waals surface area (Å²) in [5, 5.41) is 9.35. The maximum Gasteiger partial charge on any atom is 0.431 e. The maximum atomic E-state index is 12.3. The third-order valence-electron chi connectivity index (χ3n) is 2.63. The number of benzene rings is 1. The first-order valence-corrected chi connectivity index (χ1v) is 9.86. The number of para-hydroxylation sites is 1. The molecule has 148 valence electrons. The molecule has 0 aliphatic rings. The largest absolute Gasteiger partial charge is 0.447 e. The van der Waals surface area contributed by atoms with Crippen molar-refractivity contribution in [3.05, 3.63) is 39.9 Å². The summed E-state index contributed by atoms with van der Waals surface area (Å²) in [7, 11) is 2.61. The highest BCUT2D eigenvalue weighted by molar-refractivity contribution is 8.76. The summed E-state index contributed by atoms with van der Waals surface area (Å²) in [5.74, 6) is 4.69. The molecule has 27 heavy (non-hydrogen) atoms. The zero-order valence-corrected chi connectivity index (χ0v) is 15.8. The predicted octanol–water partition coefficient (Wildman–Crippen LogP) is 1.65. The van der Waals surface area contributed by atoms with Crippen LogP contribution in [0.1, 0.15) is 17.3 Å². The second kappa shape index (κ2) is 12.0. The van der Waals surface area contributed by atoms with Gasteiger partial charge in [0.15, 0.2) is 0 Å². The Morgan fingerprint density at radius 2 is 1.81 bits per heavy atom.